The molecule has 0 unspecified atom stereocenters. The van der Waals surface area contributed by atoms with Gasteiger partial charge in [-0.05, 0) is 37.1 Å². The van der Waals surface area contributed by atoms with Crippen LogP contribution in [0.2, 0.25) is 0 Å². The summed E-state index contributed by atoms with van der Waals surface area (Å²) in [4.78, 5) is 12.9. The molecule has 1 heterocycles. The van der Waals surface area contributed by atoms with Crippen LogP contribution in [0.4, 0.5) is 0 Å². The highest BCUT2D eigenvalue weighted by molar-refractivity contribution is 7.99. The maximum Gasteiger partial charge on any atom is 0.227 e. The summed E-state index contributed by atoms with van der Waals surface area (Å²) in [6.45, 7) is 0.216. The third-order valence-corrected chi connectivity index (χ3v) is 4.16. The molecule has 0 bridgehead atoms. The molecule has 2 rings (SSSR count). The first-order valence-electron chi connectivity index (χ1n) is 7.33. The second-order valence-electron chi connectivity index (χ2n) is 4.80. The summed E-state index contributed by atoms with van der Waals surface area (Å²) in [7, 11) is 0. The number of unbranched alkanes of at least 4 members (excludes halogenated alkanes) is 2. The Kier molecular flexibility index (Phi) is 7.06. The van der Waals surface area contributed by atoms with Crippen LogP contribution in [0.5, 0.6) is 5.75 Å². The van der Waals surface area contributed by atoms with E-state index in [1.807, 2.05) is 30.0 Å². The van der Waals surface area contributed by atoms with Crippen molar-refractivity contribution < 1.29 is 14.3 Å². The number of thioether (sulfide) groups is 1. The van der Waals surface area contributed by atoms with Crippen LogP contribution in [0.1, 0.15) is 25.0 Å². The molecule has 0 aliphatic carbocycles. The van der Waals surface area contributed by atoms with Crippen LogP contribution in [-0.2, 0) is 6.61 Å². The van der Waals surface area contributed by atoms with E-state index < -0.39 is 0 Å². The van der Waals surface area contributed by atoms with E-state index in [1.165, 1.54) is 17.2 Å². The second kappa shape index (κ2) is 9.33. The van der Waals surface area contributed by atoms with Gasteiger partial charge in [0.2, 0.25) is 11.2 Å². The van der Waals surface area contributed by atoms with Gasteiger partial charge in [-0.15, -0.1) is 11.8 Å². The van der Waals surface area contributed by atoms with Gasteiger partial charge in [0.1, 0.15) is 18.6 Å². The lowest BCUT2D eigenvalue weighted by molar-refractivity contribution is 0.236. The lowest BCUT2D eigenvalue weighted by atomic mass is 10.3. The highest BCUT2D eigenvalue weighted by atomic mass is 32.2. The summed E-state index contributed by atoms with van der Waals surface area (Å²) in [6, 6.07) is 11.6. The molecule has 118 valence electrons. The molecule has 0 aliphatic heterocycles. The van der Waals surface area contributed by atoms with Gasteiger partial charge in [0, 0.05) is 11.0 Å². The first kappa shape index (κ1) is 16.6. The van der Waals surface area contributed by atoms with Crippen molar-refractivity contribution in [3.05, 3.63) is 58.6 Å². The molecule has 0 atom stereocenters. The number of hydrogen-bond donors (Lipinski definition) is 1. The van der Waals surface area contributed by atoms with E-state index >= 15 is 0 Å². The first-order valence-corrected chi connectivity index (χ1v) is 8.31. The highest BCUT2D eigenvalue weighted by Gasteiger charge is 2.03. The Hall–Kier alpha value is -1.72. The van der Waals surface area contributed by atoms with Gasteiger partial charge in [0.25, 0.3) is 0 Å². The largest absolute Gasteiger partial charge is 0.487 e. The van der Waals surface area contributed by atoms with Crippen molar-refractivity contribution in [3.63, 3.8) is 0 Å². The van der Waals surface area contributed by atoms with Crippen LogP contribution in [0.3, 0.4) is 0 Å². The molecule has 4 nitrogen and oxygen atoms in total. The van der Waals surface area contributed by atoms with Crippen LogP contribution in [0, 0.1) is 0 Å². The van der Waals surface area contributed by atoms with Gasteiger partial charge >= 0.3 is 0 Å². The van der Waals surface area contributed by atoms with Crippen molar-refractivity contribution in [2.45, 2.75) is 30.8 Å². The first-order chi connectivity index (χ1) is 10.8. The minimum Gasteiger partial charge on any atom is -0.487 e. The Bertz CT molecular complexity index is 610. The zero-order valence-corrected chi connectivity index (χ0v) is 13.2. The van der Waals surface area contributed by atoms with Crippen molar-refractivity contribution in [2.75, 3.05) is 12.4 Å². The summed E-state index contributed by atoms with van der Waals surface area (Å²) in [5.74, 6) is 1.53. The number of rotatable bonds is 9. The molecule has 0 fully saturated rings. The molecule has 1 aromatic heterocycles. The van der Waals surface area contributed by atoms with Gasteiger partial charge in [-0.3, -0.25) is 4.79 Å². The Balaban J connectivity index is 1.59. The van der Waals surface area contributed by atoms with Crippen molar-refractivity contribution in [2.24, 2.45) is 0 Å². The molecule has 2 aromatic rings. The summed E-state index contributed by atoms with van der Waals surface area (Å²) >= 11 is 1.85. The Morgan fingerprint density at radius 1 is 1.14 bits per heavy atom. The molecule has 0 saturated carbocycles. The standard InChI is InChI=1S/C17H20O4S/c18-12-14-11-16(19)17(13-21-14)20-9-5-2-6-10-22-15-7-3-1-4-8-15/h1,3-4,7-8,11,13,18H,2,5-6,9-10,12H2. The second-order valence-corrected chi connectivity index (χ2v) is 5.97. The predicted molar refractivity (Wildman–Crippen MR) is 87.4 cm³/mol. The van der Waals surface area contributed by atoms with Crippen LogP contribution >= 0.6 is 11.8 Å². The molecule has 0 aliphatic rings. The Morgan fingerprint density at radius 2 is 1.95 bits per heavy atom. The van der Waals surface area contributed by atoms with Gasteiger partial charge in [-0.25, -0.2) is 0 Å². The summed E-state index contributed by atoms with van der Waals surface area (Å²) in [5, 5.41) is 8.86. The molecule has 22 heavy (non-hydrogen) atoms. The molecule has 0 spiro atoms. The zero-order chi connectivity index (χ0) is 15.6. The highest BCUT2D eigenvalue weighted by Crippen LogP contribution is 2.18. The van der Waals surface area contributed by atoms with Crippen LogP contribution in [0.25, 0.3) is 0 Å². The third kappa shape index (κ3) is 5.58. The molecule has 0 saturated heterocycles. The van der Waals surface area contributed by atoms with Gasteiger partial charge in [0.15, 0.2) is 0 Å². The average molecular weight is 320 g/mol. The van der Waals surface area contributed by atoms with E-state index in [1.54, 1.807) is 0 Å². The van der Waals surface area contributed by atoms with E-state index in [0.717, 1.165) is 25.0 Å². The summed E-state index contributed by atoms with van der Waals surface area (Å²) in [6.07, 6.45) is 4.33. The van der Waals surface area contributed by atoms with Gasteiger partial charge in [0.05, 0.1) is 6.61 Å². The van der Waals surface area contributed by atoms with Crippen molar-refractivity contribution >= 4 is 11.8 Å². The monoisotopic (exact) mass is 320 g/mol. The SMILES string of the molecule is O=c1cc(CO)occ1OCCCCCSc1ccccc1. The molecular weight excluding hydrogens is 300 g/mol. The van der Waals surface area contributed by atoms with Crippen LogP contribution in [0.15, 0.2) is 56.8 Å². The fourth-order valence-electron chi connectivity index (χ4n) is 1.90. The predicted octanol–water partition coefficient (Wildman–Crippen LogP) is 3.47. The van der Waals surface area contributed by atoms with E-state index in [-0.39, 0.29) is 23.5 Å². The van der Waals surface area contributed by atoms with Crippen molar-refractivity contribution in [1.82, 2.24) is 0 Å². The fraction of sp³-hybridized carbons (Fsp3) is 0.353. The fourth-order valence-corrected chi connectivity index (χ4v) is 2.83. The number of hydrogen-bond acceptors (Lipinski definition) is 5. The maximum atomic E-state index is 11.6. The molecule has 0 amide bonds. The normalized spacial score (nSPS) is 10.6. The molecule has 5 heteroatoms. The molecule has 1 N–H and O–H groups in total. The molecule has 0 radical (unpaired) electrons. The van der Waals surface area contributed by atoms with Crippen LogP contribution < -0.4 is 10.2 Å². The van der Waals surface area contributed by atoms with Gasteiger partial charge in [-0.2, -0.15) is 0 Å². The number of aliphatic hydroxyl groups is 1. The van der Waals surface area contributed by atoms with Crippen molar-refractivity contribution in [1.29, 1.82) is 0 Å². The third-order valence-electron chi connectivity index (χ3n) is 3.07. The minimum absolute atomic E-state index is 0.205. The molecule has 1 aromatic carbocycles. The Labute approximate surface area is 134 Å². The van der Waals surface area contributed by atoms with Crippen molar-refractivity contribution in [3.8, 4) is 5.75 Å². The van der Waals surface area contributed by atoms with E-state index in [9.17, 15) is 4.79 Å². The van der Waals surface area contributed by atoms with Gasteiger partial charge in [-0.1, -0.05) is 18.2 Å². The van der Waals surface area contributed by atoms with E-state index in [4.69, 9.17) is 14.3 Å². The number of benzene rings is 1. The molecular formula is C17H20O4S. The van der Waals surface area contributed by atoms with E-state index in [0.29, 0.717) is 6.61 Å². The zero-order valence-electron chi connectivity index (χ0n) is 12.4. The topological polar surface area (TPSA) is 59.7 Å². The minimum atomic E-state index is -0.283. The number of ether oxygens (including phenoxy) is 1. The van der Waals surface area contributed by atoms with Gasteiger partial charge < -0.3 is 14.3 Å². The maximum absolute atomic E-state index is 11.6. The van der Waals surface area contributed by atoms with E-state index in [2.05, 4.69) is 12.1 Å². The lowest BCUT2D eigenvalue weighted by Gasteiger charge is -2.05. The quantitative estimate of drug-likeness (QED) is 0.566. The number of aliphatic hydroxyl groups excluding tert-OH is 1. The Morgan fingerprint density at radius 3 is 2.68 bits per heavy atom. The summed E-state index contributed by atoms with van der Waals surface area (Å²) < 4.78 is 10.5. The lowest BCUT2D eigenvalue weighted by Crippen LogP contribution is -2.09. The summed E-state index contributed by atoms with van der Waals surface area (Å²) in [5.41, 5.74) is -0.255. The smallest absolute Gasteiger partial charge is 0.227 e. The average Bonchev–Trinajstić information content (AvgIpc) is 2.56. The van der Waals surface area contributed by atoms with Crippen LogP contribution in [-0.4, -0.2) is 17.5 Å².